The number of rotatable bonds is 4. The van der Waals surface area contributed by atoms with Gasteiger partial charge in [-0.15, -0.1) is 0 Å². The number of fused-ring (bicyclic) bond motifs is 1. The predicted octanol–water partition coefficient (Wildman–Crippen LogP) is 2.54. The Kier molecular flexibility index (Phi) is 3.79. The number of ether oxygens (including phenoxy) is 1. The van der Waals surface area contributed by atoms with E-state index in [4.69, 9.17) is 9.15 Å². The number of carbonyl (C=O) groups excluding carboxylic acids is 1. The number of hydrogen-bond acceptors (Lipinski definition) is 5. The standard InChI is InChI=1S/C18H21NO5S/c1-11-15-9-14(23-2)5-6-16(15)24-17(11)18(20)19(12-3-4-12)13-7-8-25(21,22)10-13/h5-6,9,12-13H,3-4,7-8,10H2,1-2H3. The van der Waals surface area contributed by atoms with Crippen LogP contribution < -0.4 is 4.74 Å². The molecule has 0 spiro atoms. The molecule has 2 aliphatic rings. The van der Waals surface area contributed by atoms with Crippen LogP contribution in [0, 0.1) is 6.92 Å². The van der Waals surface area contributed by atoms with Crippen LogP contribution in [0.5, 0.6) is 5.75 Å². The zero-order valence-corrected chi connectivity index (χ0v) is 15.1. The molecule has 1 aromatic heterocycles. The van der Waals surface area contributed by atoms with Crippen LogP contribution in [0.2, 0.25) is 0 Å². The van der Waals surface area contributed by atoms with Crippen LogP contribution >= 0.6 is 0 Å². The van der Waals surface area contributed by atoms with E-state index in [2.05, 4.69) is 0 Å². The number of nitrogens with zero attached hydrogens (tertiary/aromatic N) is 1. The maximum Gasteiger partial charge on any atom is 0.290 e. The molecule has 6 nitrogen and oxygen atoms in total. The molecule has 7 heteroatoms. The van der Waals surface area contributed by atoms with E-state index in [1.807, 2.05) is 13.0 Å². The van der Waals surface area contributed by atoms with Crippen molar-refractivity contribution in [2.75, 3.05) is 18.6 Å². The monoisotopic (exact) mass is 363 g/mol. The molecule has 25 heavy (non-hydrogen) atoms. The van der Waals surface area contributed by atoms with Crippen molar-refractivity contribution in [3.8, 4) is 5.75 Å². The summed E-state index contributed by atoms with van der Waals surface area (Å²) in [5, 5.41) is 0.845. The normalized spacial score (nSPS) is 22.2. The lowest BCUT2D eigenvalue weighted by Gasteiger charge is -2.27. The van der Waals surface area contributed by atoms with Crippen molar-refractivity contribution >= 4 is 26.7 Å². The molecular formula is C18H21NO5S. The predicted molar refractivity (Wildman–Crippen MR) is 93.8 cm³/mol. The number of methoxy groups -OCH3 is 1. The van der Waals surface area contributed by atoms with Crippen LogP contribution in [-0.2, 0) is 9.84 Å². The van der Waals surface area contributed by atoms with E-state index in [0.717, 1.165) is 23.8 Å². The molecule has 2 heterocycles. The number of amides is 1. The number of benzene rings is 1. The van der Waals surface area contributed by atoms with Gasteiger partial charge in [-0.1, -0.05) is 0 Å². The van der Waals surface area contributed by atoms with Gasteiger partial charge in [0.2, 0.25) is 0 Å². The smallest absolute Gasteiger partial charge is 0.290 e. The van der Waals surface area contributed by atoms with Crippen molar-refractivity contribution in [3.05, 3.63) is 29.5 Å². The third-order valence-electron chi connectivity index (χ3n) is 5.11. The number of hydrogen-bond donors (Lipinski definition) is 0. The molecule has 2 fully saturated rings. The SMILES string of the molecule is COc1ccc2oc(C(=O)N(C3CC3)C3CCS(=O)(=O)C3)c(C)c2c1. The van der Waals surface area contributed by atoms with Gasteiger partial charge in [-0.3, -0.25) is 4.79 Å². The molecule has 0 bridgehead atoms. The fraction of sp³-hybridized carbons (Fsp3) is 0.500. The lowest BCUT2D eigenvalue weighted by molar-refractivity contribution is 0.0649. The summed E-state index contributed by atoms with van der Waals surface area (Å²) in [5.74, 6) is 1.03. The fourth-order valence-electron chi connectivity index (χ4n) is 3.63. The maximum atomic E-state index is 13.2. The van der Waals surface area contributed by atoms with Gasteiger partial charge in [-0.25, -0.2) is 8.42 Å². The van der Waals surface area contributed by atoms with Gasteiger partial charge < -0.3 is 14.1 Å². The van der Waals surface area contributed by atoms with Gasteiger partial charge in [0, 0.05) is 23.0 Å². The van der Waals surface area contributed by atoms with Crippen LogP contribution in [0.25, 0.3) is 11.0 Å². The molecule has 1 atom stereocenters. The van der Waals surface area contributed by atoms with E-state index < -0.39 is 9.84 Å². The molecule has 2 aromatic rings. The Morgan fingerprint density at radius 3 is 2.60 bits per heavy atom. The maximum absolute atomic E-state index is 13.2. The molecular weight excluding hydrogens is 342 g/mol. The van der Waals surface area contributed by atoms with Crippen molar-refractivity contribution in [1.29, 1.82) is 0 Å². The van der Waals surface area contributed by atoms with Crippen LogP contribution in [0.4, 0.5) is 0 Å². The number of sulfone groups is 1. The van der Waals surface area contributed by atoms with Crippen LogP contribution in [-0.4, -0.2) is 49.9 Å². The largest absolute Gasteiger partial charge is 0.497 e. The summed E-state index contributed by atoms with van der Waals surface area (Å²) in [4.78, 5) is 14.9. The van der Waals surface area contributed by atoms with Gasteiger partial charge in [0.05, 0.1) is 18.6 Å². The average Bonchev–Trinajstić information content (AvgIpc) is 3.27. The molecule has 1 amide bonds. The summed E-state index contributed by atoms with van der Waals surface area (Å²) in [6.07, 6.45) is 2.36. The Bertz CT molecular complexity index is 942. The Hall–Kier alpha value is -2.02. The first-order valence-electron chi connectivity index (χ1n) is 8.50. The van der Waals surface area contributed by atoms with Gasteiger partial charge in [0.1, 0.15) is 11.3 Å². The Labute approximate surface area is 146 Å². The molecule has 0 N–H and O–H groups in total. The summed E-state index contributed by atoms with van der Waals surface area (Å²) in [6, 6.07) is 5.33. The molecule has 1 saturated heterocycles. The van der Waals surface area contributed by atoms with Gasteiger partial charge in [-0.05, 0) is 44.4 Å². The summed E-state index contributed by atoms with van der Waals surface area (Å²) >= 11 is 0. The molecule has 1 aliphatic carbocycles. The first-order chi connectivity index (χ1) is 11.9. The minimum atomic E-state index is -3.05. The summed E-state index contributed by atoms with van der Waals surface area (Å²) < 4.78 is 34.8. The van der Waals surface area contributed by atoms with Crippen molar-refractivity contribution in [3.63, 3.8) is 0 Å². The average molecular weight is 363 g/mol. The number of furan rings is 1. The Morgan fingerprint density at radius 2 is 2.00 bits per heavy atom. The van der Waals surface area contributed by atoms with E-state index in [1.54, 1.807) is 24.1 Å². The zero-order chi connectivity index (χ0) is 17.8. The second-order valence-corrected chi connectivity index (χ2v) is 9.15. The van der Waals surface area contributed by atoms with Crippen LogP contribution in [0.1, 0.15) is 35.4 Å². The molecule has 134 valence electrons. The highest BCUT2D eigenvalue weighted by Crippen LogP contribution is 2.36. The van der Waals surface area contributed by atoms with E-state index in [1.165, 1.54) is 0 Å². The number of aryl methyl sites for hydroxylation is 1. The minimum Gasteiger partial charge on any atom is -0.497 e. The second-order valence-electron chi connectivity index (χ2n) is 6.92. The third kappa shape index (κ3) is 2.90. The topological polar surface area (TPSA) is 76.8 Å². The molecule has 1 aliphatic heterocycles. The molecule has 0 radical (unpaired) electrons. The molecule has 1 saturated carbocycles. The summed E-state index contributed by atoms with van der Waals surface area (Å²) in [6.45, 7) is 1.86. The van der Waals surface area contributed by atoms with Crippen molar-refractivity contribution in [2.45, 2.75) is 38.3 Å². The van der Waals surface area contributed by atoms with Crippen LogP contribution in [0.3, 0.4) is 0 Å². The van der Waals surface area contributed by atoms with E-state index in [-0.39, 0.29) is 29.5 Å². The third-order valence-corrected chi connectivity index (χ3v) is 6.86. The quantitative estimate of drug-likeness (QED) is 0.834. The lowest BCUT2D eigenvalue weighted by atomic mass is 10.1. The van der Waals surface area contributed by atoms with Gasteiger partial charge in [0.15, 0.2) is 15.6 Å². The number of carbonyl (C=O) groups is 1. The van der Waals surface area contributed by atoms with E-state index >= 15 is 0 Å². The summed E-state index contributed by atoms with van der Waals surface area (Å²) in [7, 11) is -1.45. The first kappa shape index (κ1) is 16.4. The molecule has 4 rings (SSSR count). The highest BCUT2D eigenvalue weighted by atomic mass is 32.2. The first-order valence-corrected chi connectivity index (χ1v) is 10.3. The highest BCUT2D eigenvalue weighted by Gasteiger charge is 2.43. The van der Waals surface area contributed by atoms with Gasteiger partial charge in [0.25, 0.3) is 5.91 Å². The Balaban J connectivity index is 1.71. The van der Waals surface area contributed by atoms with Crippen molar-refractivity contribution < 1.29 is 22.4 Å². The van der Waals surface area contributed by atoms with E-state index in [9.17, 15) is 13.2 Å². The molecule has 1 aromatic carbocycles. The van der Waals surface area contributed by atoms with Crippen molar-refractivity contribution in [1.82, 2.24) is 4.90 Å². The fourth-order valence-corrected chi connectivity index (χ4v) is 5.34. The summed E-state index contributed by atoms with van der Waals surface area (Å²) in [5.41, 5.74) is 1.40. The lowest BCUT2D eigenvalue weighted by Crippen LogP contribution is -2.42. The van der Waals surface area contributed by atoms with Crippen molar-refractivity contribution in [2.24, 2.45) is 0 Å². The van der Waals surface area contributed by atoms with Gasteiger partial charge in [-0.2, -0.15) is 0 Å². The van der Waals surface area contributed by atoms with E-state index in [0.29, 0.717) is 23.5 Å². The second kappa shape index (κ2) is 5.76. The zero-order valence-electron chi connectivity index (χ0n) is 14.3. The minimum absolute atomic E-state index is 0.0579. The molecule has 1 unspecified atom stereocenters. The Morgan fingerprint density at radius 1 is 1.24 bits per heavy atom. The van der Waals surface area contributed by atoms with Gasteiger partial charge >= 0.3 is 0 Å². The highest BCUT2D eigenvalue weighted by molar-refractivity contribution is 7.91. The van der Waals surface area contributed by atoms with Crippen LogP contribution in [0.15, 0.2) is 22.6 Å².